The number of aliphatic hydroxyl groups excluding tert-OH is 1. The third kappa shape index (κ3) is 3.93. The number of nitrogens with one attached hydrogen (secondary N) is 1. The van der Waals surface area contributed by atoms with E-state index in [2.05, 4.69) is 19.8 Å². The molecule has 7 heteroatoms. The fraction of sp³-hybridized carbons (Fsp3) is 0.438. The number of hydrogen-bond donors (Lipinski definition) is 2. The summed E-state index contributed by atoms with van der Waals surface area (Å²) in [5.41, 5.74) is 1.57. The van der Waals surface area contributed by atoms with Crippen LogP contribution < -0.4 is 5.32 Å². The summed E-state index contributed by atoms with van der Waals surface area (Å²) in [7, 11) is 0. The Labute approximate surface area is 139 Å². The summed E-state index contributed by atoms with van der Waals surface area (Å²) in [6.45, 7) is 4.06. The minimum atomic E-state index is -0.572. The van der Waals surface area contributed by atoms with Crippen molar-refractivity contribution in [1.29, 1.82) is 0 Å². The minimum Gasteiger partial charge on any atom is -0.390 e. The van der Waals surface area contributed by atoms with E-state index in [-0.39, 0.29) is 11.9 Å². The van der Waals surface area contributed by atoms with Gasteiger partial charge in [0.05, 0.1) is 22.7 Å². The maximum atomic E-state index is 12.2. The highest BCUT2D eigenvalue weighted by atomic mass is 32.1. The van der Waals surface area contributed by atoms with Gasteiger partial charge in [0.15, 0.2) is 0 Å². The molecule has 0 bridgehead atoms. The van der Waals surface area contributed by atoms with Gasteiger partial charge in [0, 0.05) is 25.2 Å². The normalized spacial score (nSPS) is 22.0. The molecule has 2 aromatic rings. The van der Waals surface area contributed by atoms with Crippen molar-refractivity contribution < 1.29 is 9.90 Å². The minimum absolute atomic E-state index is 0.134. The number of aliphatic hydroxyl groups is 1. The maximum absolute atomic E-state index is 12.2. The number of aryl methyl sites for hydroxylation is 1. The van der Waals surface area contributed by atoms with E-state index >= 15 is 0 Å². The zero-order chi connectivity index (χ0) is 16.2. The van der Waals surface area contributed by atoms with Gasteiger partial charge < -0.3 is 10.4 Å². The van der Waals surface area contributed by atoms with Crippen LogP contribution in [0.2, 0.25) is 0 Å². The molecule has 23 heavy (non-hydrogen) atoms. The predicted octanol–water partition coefficient (Wildman–Crippen LogP) is 1.21. The first kappa shape index (κ1) is 16.0. The number of piperidine rings is 1. The Kier molecular flexibility index (Phi) is 5.00. The lowest BCUT2D eigenvalue weighted by Gasteiger charge is -2.36. The molecule has 1 amide bonds. The number of likely N-dealkylation sites (tertiary alicyclic amines) is 1. The molecule has 1 aliphatic rings. The summed E-state index contributed by atoms with van der Waals surface area (Å²) < 4.78 is 3.94. The molecule has 6 nitrogen and oxygen atoms in total. The van der Waals surface area contributed by atoms with Gasteiger partial charge in [0.1, 0.15) is 0 Å². The number of rotatable bonds is 4. The van der Waals surface area contributed by atoms with Crippen LogP contribution in [0.3, 0.4) is 0 Å². The summed E-state index contributed by atoms with van der Waals surface area (Å²) in [4.78, 5) is 15.5. The average molecular weight is 332 g/mol. The lowest BCUT2D eigenvalue weighted by molar-refractivity contribution is 0.0352. The third-order valence-electron chi connectivity index (χ3n) is 4.13. The molecule has 1 fully saturated rings. The molecule has 1 aliphatic heterocycles. The largest absolute Gasteiger partial charge is 0.390 e. The smallest absolute Gasteiger partial charge is 0.251 e. The van der Waals surface area contributed by atoms with Gasteiger partial charge in [0.2, 0.25) is 0 Å². The van der Waals surface area contributed by atoms with Gasteiger partial charge >= 0.3 is 0 Å². The van der Waals surface area contributed by atoms with Crippen LogP contribution in [0.15, 0.2) is 30.3 Å². The first-order valence-corrected chi connectivity index (χ1v) is 8.45. The average Bonchev–Trinajstić information content (AvgIpc) is 2.96. The molecule has 0 radical (unpaired) electrons. The summed E-state index contributed by atoms with van der Waals surface area (Å²) in [6.07, 6.45) is 0.156. The van der Waals surface area contributed by atoms with Gasteiger partial charge in [-0.25, -0.2) is 0 Å². The highest BCUT2D eigenvalue weighted by molar-refractivity contribution is 7.05. The summed E-state index contributed by atoms with van der Waals surface area (Å²) >= 11 is 1.40. The second kappa shape index (κ2) is 7.16. The Hall–Kier alpha value is -1.83. The number of carbonyl (C=O) groups excluding carboxylic acids is 1. The van der Waals surface area contributed by atoms with Crippen LogP contribution in [0.4, 0.5) is 0 Å². The van der Waals surface area contributed by atoms with E-state index in [0.717, 1.165) is 30.1 Å². The SMILES string of the molecule is Cc1nnsc1CN1CCC(NC(=O)c2ccccc2)C(O)C1. The molecular weight excluding hydrogens is 312 g/mol. The van der Waals surface area contributed by atoms with Gasteiger partial charge in [-0.05, 0) is 37.0 Å². The predicted molar refractivity (Wildman–Crippen MR) is 88.2 cm³/mol. The quantitative estimate of drug-likeness (QED) is 0.880. The highest BCUT2D eigenvalue weighted by Gasteiger charge is 2.29. The molecule has 1 aromatic carbocycles. The summed E-state index contributed by atoms with van der Waals surface area (Å²) in [5.74, 6) is -0.134. The van der Waals surface area contributed by atoms with E-state index in [9.17, 15) is 9.90 Å². The number of aromatic nitrogens is 2. The van der Waals surface area contributed by atoms with E-state index in [1.165, 1.54) is 11.5 Å². The van der Waals surface area contributed by atoms with Gasteiger partial charge in [-0.2, -0.15) is 0 Å². The van der Waals surface area contributed by atoms with Crippen LogP contribution in [0, 0.1) is 6.92 Å². The molecule has 2 N–H and O–H groups in total. The molecular formula is C16H20N4O2S. The fourth-order valence-corrected chi connectivity index (χ4v) is 3.42. The number of benzene rings is 1. The van der Waals surface area contributed by atoms with Crippen LogP contribution in [0.1, 0.15) is 27.3 Å². The van der Waals surface area contributed by atoms with E-state index in [1.807, 2.05) is 25.1 Å². The second-order valence-corrected chi connectivity index (χ2v) is 6.66. The maximum Gasteiger partial charge on any atom is 0.251 e. The number of β-amino-alcohol motifs (C(OH)–C–C–N with tert-alkyl or cyclic N) is 1. The summed E-state index contributed by atoms with van der Waals surface area (Å²) in [5, 5.41) is 17.3. The van der Waals surface area contributed by atoms with Crippen molar-refractivity contribution in [2.24, 2.45) is 0 Å². The van der Waals surface area contributed by atoms with Crippen molar-refractivity contribution in [3.63, 3.8) is 0 Å². The van der Waals surface area contributed by atoms with Crippen molar-refractivity contribution >= 4 is 17.4 Å². The van der Waals surface area contributed by atoms with Crippen LogP contribution in [0.5, 0.6) is 0 Å². The second-order valence-electron chi connectivity index (χ2n) is 5.82. The van der Waals surface area contributed by atoms with E-state index < -0.39 is 6.10 Å². The molecule has 1 saturated heterocycles. The zero-order valence-electron chi connectivity index (χ0n) is 13.0. The van der Waals surface area contributed by atoms with Gasteiger partial charge in [-0.15, -0.1) is 5.10 Å². The van der Waals surface area contributed by atoms with Gasteiger partial charge in [-0.1, -0.05) is 22.7 Å². The van der Waals surface area contributed by atoms with Crippen LogP contribution >= 0.6 is 11.5 Å². The van der Waals surface area contributed by atoms with Crippen LogP contribution in [0.25, 0.3) is 0 Å². The molecule has 1 aromatic heterocycles. The molecule has 0 aliphatic carbocycles. The number of nitrogens with zero attached hydrogens (tertiary/aromatic N) is 3. The van der Waals surface area contributed by atoms with Crippen molar-refractivity contribution in [3.8, 4) is 0 Å². The Morgan fingerprint density at radius 1 is 1.43 bits per heavy atom. The standard InChI is InChI=1S/C16H20N4O2S/c1-11-15(23-19-18-11)10-20-8-7-13(14(21)9-20)17-16(22)12-5-3-2-4-6-12/h2-6,13-14,21H,7-10H2,1H3,(H,17,22). The molecule has 0 saturated carbocycles. The Morgan fingerprint density at radius 3 is 2.87 bits per heavy atom. The van der Waals surface area contributed by atoms with Crippen molar-refractivity contribution in [3.05, 3.63) is 46.5 Å². The third-order valence-corrected chi connectivity index (χ3v) is 4.94. The number of amides is 1. The van der Waals surface area contributed by atoms with Crippen LogP contribution in [-0.2, 0) is 6.54 Å². The molecule has 3 rings (SSSR count). The number of carbonyl (C=O) groups is 1. The molecule has 122 valence electrons. The van der Waals surface area contributed by atoms with Gasteiger partial charge in [-0.3, -0.25) is 9.69 Å². The topological polar surface area (TPSA) is 78.4 Å². The Morgan fingerprint density at radius 2 is 2.22 bits per heavy atom. The van der Waals surface area contributed by atoms with E-state index in [4.69, 9.17) is 0 Å². The first-order valence-electron chi connectivity index (χ1n) is 7.67. The van der Waals surface area contributed by atoms with Crippen molar-refractivity contribution in [2.45, 2.75) is 32.0 Å². The lowest BCUT2D eigenvalue weighted by Crippen LogP contribution is -2.53. The Bertz CT molecular complexity index is 661. The van der Waals surface area contributed by atoms with E-state index in [0.29, 0.717) is 12.1 Å². The zero-order valence-corrected chi connectivity index (χ0v) is 13.8. The van der Waals surface area contributed by atoms with Crippen LogP contribution in [-0.4, -0.2) is 50.7 Å². The van der Waals surface area contributed by atoms with Gasteiger partial charge in [0.25, 0.3) is 5.91 Å². The highest BCUT2D eigenvalue weighted by Crippen LogP contribution is 2.18. The molecule has 2 atom stereocenters. The monoisotopic (exact) mass is 332 g/mol. The molecule has 2 unspecified atom stereocenters. The summed E-state index contributed by atoms with van der Waals surface area (Å²) in [6, 6.07) is 8.88. The van der Waals surface area contributed by atoms with Crippen molar-refractivity contribution in [2.75, 3.05) is 13.1 Å². The Balaban J connectivity index is 1.54. The fourth-order valence-electron chi connectivity index (χ4n) is 2.75. The number of hydrogen-bond acceptors (Lipinski definition) is 6. The lowest BCUT2D eigenvalue weighted by atomic mass is 10.0. The molecule has 2 heterocycles. The van der Waals surface area contributed by atoms with E-state index in [1.54, 1.807) is 12.1 Å². The molecule has 0 spiro atoms. The van der Waals surface area contributed by atoms with Crippen molar-refractivity contribution in [1.82, 2.24) is 19.8 Å². The first-order chi connectivity index (χ1) is 11.1.